The van der Waals surface area contributed by atoms with Gasteiger partial charge >= 0.3 is 0 Å². The van der Waals surface area contributed by atoms with Crippen LogP contribution in [-0.2, 0) is 10.0 Å². The second kappa shape index (κ2) is 7.87. The van der Waals surface area contributed by atoms with Crippen molar-refractivity contribution in [3.8, 4) is 22.6 Å². The number of hydrogen-bond acceptors (Lipinski definition) is 4. The van der Waals surface area contributed by atoms with E-state index in [-0.39, 0.29) is 23.0 Å². The molecule has 0 atom stereocenters. The maximum Gasteiger partial charge on any atom is 0.244 e. The van der Waals surface area contributed by atoms with Crippen molar-refractivity contribution in [3.05, 3.63) is 59.5 Å². The van der Waals surface area contributed by atoms with E-state index in [1.54, 1.807) is 30.5 Å². The number of aliphatic hydroxyl groups is 1. The van der Waals surface area contributed by atoms with E-state index in [9.17, 15) is 17.9 Å². The SMILES string of the molecule is O=S(=O)(c1cc(-c2nc(-c3ccccc3F)c[nH]2)ccc1Cl)N1CCC(O)CC1. The number of rotatable bonds is 4. The average molecular weight is 436 g/mol. The molecule has 0 radical (unpaired) electrons. The van der Waals surface area contributed by atoms with Gasteiger partial charge in [-0.05, 0) is 43.2 Å². The number of aromatic nitrogens is 2. The van der Waals surface area contributed by atoms with Crippen LogP contribution in [0.3, 0.4) is 0 Å². The van der Waals surface area contributed by atoms with Gasteiger partial charge in [-0.15, -0.1) is 0 Å². The first kappa shape index (κ1) is 20.0. The number of halogens is 2. The first-order valence-corrected chi connectivity index (χ1v) is 11.0. The third kappa shape index (κ3) is 3.93. The number of nitrogens with one attached hydrogen (secondary N) is 1. The number of piperidine rings is 1. The Kier molecular flexibility index (Phi) is 5.44. The molecule has 6 nitrogen and oxygen atoms in total. The molecule has 0 aliphatic carbocycles. The molecule has 3 aromatic rings. The van der Waals surface area contributed by atoms with Gasteiger partial charge in [-0.1, -0.05) is 23.7 Å². The summed E-state index contributed by atoms with van der Waals surface area (Å²) in [6.45, 7) is 0.477. The zero-order valence-corrected chi connectivity index (χ0v) is 16.9. The van der Waals surface area contributed by atoms with Gasteiger partial charge in [0.25, 0.3) is 0 Å². The van der Waals surface area contributed by atoms with Crippen LogP contribution in [-0.4, -0.2) is 47.0 Å². The number of sulfonamides is 1. The summed E-state index contributed by atoms with van der Waals surface area (Å²) in [5.74, 6) is 0.0163. The fraction of sp³-hybridized carbons (Fsp3) is 0.250. The van der Waals surface area contributed by atoms with Crippen molar-refractivity contribution in [2.75, 3.05) is 13.1 Å². The molecule has 2 N–H and O–H groups in total. The average Bonchev–Trinajstić information content (AvgIpc) is 3.19. The molecular weight excluding hydrogens is 417 g/mol. The summed E-state index contributed by atoms with van der Waals surface area (Å²) < 4.78 is 41.4. The zero-order chi connectivity index (χ0) is 20.6. The minimum Gasteiger partial charge on any atom is -0.393 e. The summed E-state index contributed by atoms with van der Waals surface area (Å²) in [5, 5.41) is 9.75. The summed E-state index contributed by atoms with van der Waals surface area (Å²) in [7, 11) is -3.81. The minimum absolute atomic E-state index is 0.0168. The maximum atomic E-state index is 14.0. The molecule has 1 aromatic heterocycles. The lowest BCUT2D eigenvalue weighted by Gasteiger charge is -2.29. The fourth-order valence-corrected chi connectivity index (χ4v) is 5.32. The molecule has 2 heterocycles. The van der Waals surface area contributed by atoms with Gasteiger partial charge < -0.3 is 10.1 Å². The Hall–Kier alpha value is -2.26. The van der Waals surface area contributed by atoms with Crippen LogP contribution in [0.4, 0.5) is 4.39 Å². The van der Waals surface area contributed by atoms with Gasteiger partial charge in [0.1, 0.15) is 16.5 Å². The Bertz CT molecular complexity index is 1140. The van der Waals surface area contributed by atoms with E-state index < -0.39 is 21.9 Å². The molecule has 152 valence electrons. The van der Waals surface area contributed by atoms with Crippen LogP contribution < -0.4 is 0 Å². The Labute approximate surface area is 173 Å². The van der Waals surface area contributed by atoms with Crippen LogP contribution in [0.5, 0.6) is 0 Å². The lowest BCUT2D eigenvalue weighted by Crippen LogP contribution is -2.40. The highest BCUT2D eigenvalue weighted by atomic mass is 35.5. The number of nitrogens with zero attached hydrogens (tertiary/aromatic N) is 2. The summed E-state index contributed by atoms with van der Waals surface area (Å²) >= 11 is 6.20. The van der Waals surface area contributed by atoms with Crippen LogP contribution in [0.15, 0.2) is 53.6 Å². The largest absolute Gasteiger partial charge is 0.393 e. The van der Waals surface area contributed by atoms with Gasteiger partial charge in [-0.3, -0.25) is 0 Å². The number of H-pyrrole nitrogens is 1. The predicted molar refractivity (Wildman–Crippen MR) is 108 cm³/mol. The Balaban J connectivity index is 1.68. The lowest BCUT2D eigenvalue weighted by molar-refractivity contribution is 0.113. The molecule has 29 heavy (non-hydrogen) atoms. The topological polar surface area (TPSA) is 86.3 Å². The molecule has 1 saturated heterocycles. The molecule has 0 saturated carbocycles. The van der Waals surface area contributed by atoms with Crippen LogP contribution in [0.2, 0.25) is 5.02 Å². The van der Waals surface area contributed by atoms with Gasteiger partial charge in [0.2, 0.25) is 10.0 Å². The molecule has 9 heteroatoms. The van der Waals surface area contributed by atoms with E-state index >= 15 is 0 Å². The standard InChI is InChI=1S/C20H19ClFN3O3S/c21-16-6-5-13(11-19(16)29(27,28)25-9-7-14(26)8-10-25)20-23-12-18(24-20)15-3-1-2-4-17(15)22/h1-6,11-12,14,26H,7-10H2,(H,23,24). The van der Waals surface area contributed by atoms with Crippen molar-refractivity contribution < 1.29 is 17.9 Å². The predicted octanol–water partition coefficient (Wildman–Crippen LogP) is 3.68. The van der Waals surface area contributed by atoms with Crippen LogP contribution in [0, 0.1) is 5.82 Å². The van der Waals surface area contributed by atoms with Gasteiger partial charge in [0.15, 0.2) is 0 Å². The fourth-order valence-electron chi connectivity index (χ4n) is 3.35. The summed E-state index contributed by atoms with van der Waals surface area (Å²) in [5.41, 5.74) is 1.29. The van der Waals surface area contributed by atoms with Crippen LogP contribution >= 0.6 is 11.6 Å². The van der Waals surface area contributed by atoms with Crippen molar-refractivity contribution in [1.82, 2.24) is 14.3 Å². The van der Waals surface area contributed by atoms with Crippen LogP contribution in [0.1, 0.15) is 12.8 Å². The first-order chi connectivity index (χ1) is 13.9. The van der Waals surface area contributed by atoms with Crippen molar-refractivity contribution in [2.24, 2.45) is 0 Å². The highest BCUT2D eigenvalue weighted by Gasteiger charge is 2.30. The van der Waals surface area contributed by atoms with E-state index in [0.29, 0.717) is 35.5 Å². The number of aromatic amines is 1. The van der Waals surface area contributed by atoms with Gasteiger partial charge in [0.05, 0.1) is 16.8 Å². The number of imidazole rings is 1. The van der Waals surface area contributed by atoms with E-state index in [1.807, 2.05) is 0 Å². The molecule has 0 spiro atoms. The van der Waals surface area contributed by atoms with E-state index in [0.717, 1.165) is 0 Å². The van der Waals surface area contributed by atoms with Crippen molar-refractivity contribution in [2.45, 2.75) is 23.8 Å². The highest BCUT2D eigenvalue weighted by molar-refractivity contribution is 7.89. The summed E-state index contributed by atoms with van der Waals surface area (Å²) in [6.07, 6.45) is 1.87. The van der Waals surface area contributed by atoms with Gasteiger partial charge in [0, 0.05) is 30.4 Å². The molecule has 0 amide bonds. The Morgan fingerprint density at radius 2 is 1.90 bits per heavy atom. The normalized spacial score (nSPS) is 16.2. The quantitative estimate of drug-likeness (QED) is 0.654. The molecule has 1 aliphatic rings. The van der Waals surface area contributed by atoms with Gasteiger partial charge in [-0.25, -0.2) is 17.8 Å². The smallest absolute Gasteiger partial charge is 0.244 e. The summed E-state index contributed by atoms with van der Waals surface area (Å²) in [4.78, 5) is 7.36. The third-order valence-electron chi connectivity index (χ3n) is 4.97. The molecule has 1 aliphatic heterocycles. The van der Waals surface area contributed by atoms with Gasteiger partial charge in [-0.2, -0.15) is 4.31 Å². The third-order valence-corrected chi connectivity index (χ3v) is 7.35. The molecule has 1 fully saturated rings. The second-order valence-electron chi connectivity index (χ2n) is 6.89. The van der Waals surface area contributed by atoms with Crippen LogP contribution in [0.25, 0.3) is 22.6 Å². The van der Waals surface area contributed by atoms with E-state index in [2.05, 4.69) is 9.97 Å². The minimum atomic E-state index is -3.81. The molecule has 2 aromatic carbocycles. The maximum absolute atomic E-state index is 14.0. The first-order valence-electron chi connectivity index (χ1n) is 9.15. The summed E-state index contributed by atoms with van der Waals surface area (Å²) in [6, 6.07) is 10.9. The highest BCUT2D eigenvalue weighted by Crippen LogP contribution is 2.31. The Morgan fingerprint density at radius 1 is 1.17 bits per heavy atom. The molecule has 0 bridgehead atoms. The number of hydrogen-bond donors (Lipinski definition) is 2. The Morgan fingerprint density at radius 3 is 2.62 bits per heavy atom. The number of aliphatic hydroxyl groups excluding tert-OH is 1. The molecular formula is C20H19ClFN3O3S. The second-order valence-corrected chi connectivity index (χ2v) is 9.21. The van der Waals surface area contributed by atoms with Crippen molar-refractivity contribution >= 4 is 21.6 Å². The number of benzene rings is 2. The van der Waals surface area contributed by atoms with E-state index in [4.69, 9.17) is 11.6 Å². The van der Waals surface area contributed by atoms with E-state index in [1.165, 1.54) is 22.5 Å². The monoisotopic (exact) mass is 435 g/mol. The van der Waals surface area contributed by atoms with Crippen molar-refractivity contribution in [1.29, 1.82) is 0 Å². The molecule has 0 unspecified atom stereocenters. The molecule has 4 rings (SSSR count). The lowest BCUT2D eigenvalue weighted by atomic mass is 10.1. The zero-order valence-electron chi connectivity index (χ0n) is 15.3. The van der Waals surface area contributed by atoms with Crippen molar-refractivity contribution in [3.63, 3.8) is 0 Å².